The molecule has 12 heteroatoms. The lowest BCUT2D eigenvalue weighted by atomic mass is 10.2. The molecule has 0 unspecified atom stereocenters. The van der Waals surface area contributed by atoms with E-state index in [4.69, 9.17) is 9.72 Å². The number of piperazine rings is 1. The number of fused-ring (bicyclic) bond motifs is 1. The molecule has 0 atom stereocenters. The van der Waals surface area contributed by atoms with Gasteiger partial charge in [0.2, 0.25) is 0 Å². The number of hydrogen-bond acceptors (Lipinski definition) is 8. The summed E-state index contributed by atoms with van der Waals surface area (Å²) in [6.45, 7) is 6.63. The fourth-order valence-electron chi connectivity index (χ4n) is 4.40. The maximum absolute atomic E-state index is 12.7. The minimum absolute atomic E-state index is 0. The van der Waals surface area contributed by atoms with Crippen molar-refractivity contribution in [3.05, 3.63) is 77.9 Å². The molecule has 1 aliphatic rings. The monoisotopic (exact) mass is 601 g/mol. The number of hydrogen-bond donors (Lipinski definition) is 2. The van der Waals surface area contributed by atoms with Gasteiger partial charge in [-0.05, 0) is 55.5 Å². The van der Waals surface area contributed by atoms with Crippen molar-refractivity contribution in [2.45, 2.75) is 11.8 Å². The molecule has 2 N–H and O–H groups in total. The molecule has 40 heavy (non-hydrogen) atoms. The van der Waals surface area contributed by atoms with Crippen molar-refractivity contribution in [1.29, 1.82) is 0 Å². The second-order valence-electron chi connectivity index (χ2n) is 9.41. The number of methoxy groups -OCH3 is 1. The Morgan fingerprint density at radius 1 is 1.02 bits per heavy atom. The average Bonchev–Trinajstić information content (AvgIpc) is 3.37. The summed E-state index contributed by atoms with van der Waals surface area (Å²) < 4.78 is 34.4. The van der Waals surface area contributed by atoms with Gasteiger partial charge in [-0.2, -0.15) is 0 Å². The van der Waals surface area contributed by atoms with E-state index in [9.17, 15) is 13.2 Å². The lowest BCUT2D eigenvalue weighted by Crippen LogP contribution is -2.48. The maximum Gasteiger partial charge on any atom is 0.261 e. The number of aromatic nitrogens is 1. The van der Waals surface area contributed by atoms with E-state index in [0.717, 1.165) is 59.4 Å². The number of carbonyl (C=O) groups excluding carboxylic acids is 1. The lowest BCUT2D eigenvalue weighted by Gasteiger charge is -2.34. The number of ether oxygens (including phenoxy) is 1. The van der Waals surface area contributed by atoms with Crippen LogP contribution in [0, 0.1) is 6.92 Å². The summed E-state index contributed by atoms with van der Waals surface area (Å²) in [5, 5.41) is 3.97. The summed E-state index contributed by atoms with van der Waals surface area (Å²) in [6.07, 6.45) is 0. The zero-order valence-electron chi connectivity index (χ0n) is 22.3. The highest BCUT2D eigenvalue weighted by Gasteiger charge is 2.20. The van der Waals surface area contributed by atoms with Crippen LogP contribution in [-0.4, -0.2) is 70.6 Å². The number of sulfonamides is 1. The van der Waals surface area contributed by atoms with Crippen molar-refractivity contribution < 1.29 is 17.9 Å². The number of nitrogens with zero attached hydrogens (tertiary/aromatic N) is 3. The minimum atomic E-state index is -3.74. The van der Waals surface area contributed by atoms with Crippen molar-refractivity contribution in [2.24, 2.45) is 0 Å². The molecular formula is C28H32ClN5O4S2. The van der Waals surface area contributed by atoms with Gasteiger partial charge in [-0.15, -0.1) is 12.4 Å². The van der Waals surface area contributed by atoms with Gasteiger partial charge in [0.15, 0.2) is 5.13 Å². The van der Waals surface area contributed by atoms with Crippen LogP contribution in [0.25, 0.3) is 10.2 Å². The second-order valence-corrected chi connectivity index (χ2v) is 12.1. The Hall–Kier alpha value is -3.38. The Morgan fingerprint density at radius 3 is 2.50 bits per heavy atom. The van der Waals surface area contributed by atoms with Crippen LogP contribution in [0.4, 0.5) is 10.8 Å². The SMILES string of the molecule is COc1ccc2nc(N3CCN(CCNC(=O)c4cccc(NS(=O)(=O)c5ccc(C)cc5)c4)CC3)sc2c1.Cl. The van der Waals surface area contributed by atoms with Crippen molar-refractivity contribution >= 4 is 60.7 Å². The molecule has 0 aliphatic carbocycles. The number of anilines is 2. The van der Waals surface area contributed by atoms with E-state index in [2.05, 4.69) is 19.8 Å². The maximum atomic E-state index is 12.7. The van der Waals surface area contributed by atoms with Crippen LogP contribution in [-0.2, 0) is 10.0 Å². The molecule has 1 aliphatic heterocycles. The van der Waals surface area contributed by atoms with E-state index in [0.29, 0.717) is 17.8 Å². The van der Waals surface area contributed by atoms with Gasteiger partial charge < -0.3 is 15.0 Å². The predicted molar refractivity (Wildman–Crippen MR) is 163 cm³/mol. The molecular weight excluding hydrogens is 570 g/mol. The standard InChI is InChI=1S/C28H31N5O4S2.ClH/c1-20-6-9-24(10-7-20)39(35,36)31-22-5-3-4-21(18-22)27(34)29-12-13-32-14-16-33(17-15-32)28-30-25-11-8-23(37-2)19-26(25)38-28;/h3-11,18-19,31H,12-17H2,1-2H3,(H,29,34);1H. The number of nitrogens with one attached hydrogen (secondary N) is 2. The molecule has 212 valence electrons. The summed E-state index contributed by atoms with van der Waals surface area (Å²) in [5.74, 6) is 0.592. The fraction of sp³-hybridized carbons (Fsp3) is 0.286. The van der Waals surface area contributed by atoms with Crippen LogP contribution < -0.4 is 19.7 Å². The van der Waals surface area contributed by atoms with E-state index < -0.39 is 10.0 Å². The molecule has 0 saturated carbocycles. The van der Waals surface area contributed by atoms with E-state index in [-0.39, 0.29) is 23.2 Å². The third-order valence-corrected chi connectivity index (χ3v) is 9.13. The van der Waals surface area contributed by atoms with Gasteiger partial charge in [-0.25, -0.2) is 13.4 Å². The van der Waals surface area contributed by atoms with Crippen LogP contribution in [0.1, 0.15) is 15.9 Å². The molecule has 1 amide bonds. The number of benzene rings is 3. The van der Waals surface area contributed by atoms with Gasteiger partial charge in [-0.3, -0.25) is 14.4 Å². The minimum Gasteiger partial charge on any atom is -0.497 e. The normalized spacial score (nSPS) is 14.0. The highest BCUT2D eigenvalue weighted by Crippen LogP contribution is 2.31. The van der Waals surface area contributed by atoms with Gasteiger partial charge in [0.05, 0.1) is 22.2 Å². The van der Waals surface area contributed by atoms with Crippen LogP contribution in [0.5, 0.6) is 5.75 Å². The molecule has 1 fully saturated rings. The van der Waals surface area contributed by atoms with E-state index in [1.54, 1.807) is 67.0 Å². The molecule has 4 aromatic rings. The number of rotatable bonds is 9. The van der Waals surface area contributed by atoms with Crippen molar-refractivity contribution in [1.82, 2.24) is 15.2 Å². The van der Waals surface area contributed by atoms with Gasteiger partial charge >= 0.3 is 0 Å². The molecule has 2 heterocycles. The Morgan fingerprint density at radius 2 is 1.77 bits per heavy atom. The summed E-state index contributed by atoms with van der Waals surface area (Å²) in [5.41, 5.74) is 2.70. The largest absolute Gasteiger partial charge is 0.497 e. The molecule has 5 rings (SSSR count). The summed E-state index contributed by atoms with van der Waals surface area (Å²) in [7, 11) is -2.08. The number of amides is 1. The molecule has 0 spiro atoms. The summed E-state index contributed by atoms with van der Waals surface area (Å²) in [6, 6.07) is 19.1. The Bertz CT molecular complexity index is 1570. The van der Waals surface area contributed by atoms with Crippen LogP contribution >= 0.6 is 23.7 Å². The molecule has 0 bridgehead atoms. The molecule has 1 saturated heterocycles. The van der Waals surface area contributed by atoms with Crippen molar-refractivity contribution in [3.63, 3.8) is 0 Å². The molecule has 1 aromatic heterocycles. The highest BCUT2D eigenvalue weighted by atomic mass is 35.5. The van der Waals surface area contributed by atoms with Gasteiger partial charge in [-0.1, -0.05) is 35.1 Å². The van der Waals surface area contributed by atoms with E-state index in [1.165, 1.54) is 0 Å². The quantitative estimate of drug-likeness (QED) is 0.293. The lowest BCUT2D eigenvalue weighted by molar-refractivity contribution is 0.0948. The highest BCUT2D eigenvalue weighted by molar-refractivity contribution is 7.92. The topological polar surface area (TPSA) is 104 Å². The van der Waals surface area contributed by atoms with Gasteiger partial charge in [0.1, 0.15) is 5.75 Å². The van der Waals surface area contributed by atoms with Gasteiger partial charge in [0, 0.05) is 50.5 Å². The third-order valence-electron chi connectivity index (χ3n) is 6.65. The predicted octanol–water partition coefficient (Wildman–Crippen LogP) is 4.39. The number of carbonyl (C=O) groups is 1. The smallest absolute Gasteiger partial charge is 0.261 e. The Balaban J connectivity index is 0.00000370. The summed E-state index contributed by atoms with van der Waals surface area (Å²) in [4.78, 5) is 22.3. The Labute approximate surface area is 244 Å². The second kappa shape index (κ2) is 12.9. The van der Waals surface area contributed by atoms with Crippen LogP contribution in [0.3, 0.4) is 0 Å². The molecule has 3 aromatic carbocycles. The number of aryl methyl sites for hydroxylation is 1. The van der Waals surface area contributed by atoms with Crippen LogP contribution in [0.15, 0.2) is 71.6 Å². The zero-order valence-corrected chi connectivity index (χ0v) is 24.7. The number of thiazole rings is 1. The third kappa shape index (κ3) is 7.03. The fourth-order valence-corrected chi connectivity index (χ4v) is 6.50. The molecule has 0 radical (unpaired) electrons. The first-order valence-electron chi connectivity index (χ1n) is 12.7. The van der Waals surface area contributed by atoms with E-state index >= 15 is 0 Å². The van der Waals surface area contributed by atoms with Crippen LogP contribution in [0.2, 0.25) is 0 Å². The van der Waals surface area contributed by atoms with Gasteiger partial charge in [0.25, 0.3) is 15.9 Å². The summed E-state index contributed by atoms with van der Waals surface area (Å²) >= 11 is 1.67. The first-order valence-corrected chi connectivity index (χ1v) is 15.0. The number of halogens is 1. The van der Waals surface area contributed by atoms with Crippen molar-refractivity contribution in [2.75, 3.05) is 56.0 Å². The first kappa shape index (κ1) is 29.6. The average molecular weight is 602 g/mol. The van der Waals surface area contributed by atoms with E-state index in [1.807, 2.05) is 25.1 Å². The Kier molecular flexibility index (Phi) is 9.52. The molecule has 9 nitrogen and oxygen atoms in total. The zero-order chi connectivity index (χ0) is 27.4. The van der Waals surface area contributed by atoms with Crippen molar-refractivity contribution in [3.8, 4) is 5.75 Å². The first-order chi connectivity index (χ1) is 18.8.